The highest BCUT2D eigenvalue weighted by Crippen LogP contribution is 2.29. The lowest BCUT2D eigenvalue weighted by molar-refractivity contribution is -0.143. The van der Waals surface area contributed by atoms with Crippen LogP contribution in [0.1, 0.15) is 55.8 Å². The third-order valence-electron chi connectivity index (χ3n) is 7.09. The average molecular weight is 562 g/mol. The predicted octanol–water partition coefficient (Wildman–Crippen LogP) is 3.26. The van der Waals surface area contributed by atoms with Crippen molar-refractivity contribution in [1.29, 1.82) is 5.26 Å². The van der Waals surface area contributed by atoms with E-state index in [0.29, 0.717) is 11.1 Å². The third-order valence-corrected chi connectivity index (χ3v) is 8.06. The number of rotatable bonds is 8. The number of thiazole rings is 1. The number of benzene rings is 2. The van der Waals surface area contributed by atoms with E-state index >= 15 is 0 Å². The summed E-state index contributed by atoms with van der Waals surface area (Å²) in [5.74, 6) is -0.714. The van der Waals surface area contributed by atoms with Crippen molar-refractivity contribution < 1.29 is 19.8 Å². The van der Waals surface area contributed by atoms with Crippen LogP contribution >= 0.6 is 11.3 Å². The number of aromatic nitrogens is 1. The van der Waals surface area contributed by atoms with Crippen molar-refractivity contribution in [3.8, 4) is 16.5 Å². The number of amides is 2. The van der Waals surface area contributed by atoms with E-state index in [-0.39, 0.29) is 31.3 Å². The Morgan fingerprint density at radius 2 is 1.85 bits per heavy atom. The number of carbonyl (C=O) groups is 2. The summed E-state index contributed by atoms with van der Waals surface area (Å²) in [6, 6.07) is 14.7. The molecule has 1 saturated heterocycles. The van der Waals surface area contributed by atoms with Gasteiger partial charge in [0, 0.05) is 19.5 Å². The van der Waals surface area contributed by atoms with Gasteiger partial charge in [-0.25, -0.2) is 4.98 Å². The van der Waals surface area contributed by atoms with Crippen molar-refractivity contribution in [3.05, 3.63) is 76.4 Å². The second-order valence-electron chi connectivity index (χ2n) is 11.2. The number of aliphatic hydroxyl groups is 2. The van der Waals surface area contributed by atoms with Crippen LogP contribution in [0.25, 0.3) is 10.4 Å². The van der Waals surface area contributed by atoms with Gasteiger partial charge < -0.3 is 20.4 Å². The molecule has 0 saturated carbocycles. The first-order valence-corrected chi connectivity index (χ1v) is 14.1. The summed E-state index contributed by atoms with van der Waals surface area (Å²) in [7, 11) is 0. The van der Waals surface area contributed by atoms with Gasteiger partial charge in [0.25, 0.3) is 0 Å². The van der Waals surface area contributed by atoms with E-state index in [4.69, 9.17) is 5.26 Å². The fourth-order valence-corrected chi connectivity index (χ4v) is 5.63. The molecule has 10 heteroatoms. The molecule has 4 N–H and O–H groups in total. The van der Waals surface area contributed by atoms with Gasteiger partial charge in [0.1, 0.15) is 12.3 Å². The van der Waals surface area contributed by atoms with E-state index in [9.17, 15) is 19.8 Å². The van der Waals surface area contributed by atoms with E-state index in [1.54, 1.807) is 35.6 Å². The molecule has 1 aromatic heterocycles. The Balaban J connectivity index is 1.43. The van der Waals surface area contributed by atoms with Crippen LogP contribution in [-0.4, -0.2) is 56.6 Å². The zero-order valence-corrected chi connectivity index (χ0v) is 23.9. The van der Waals surface area contributed by atoms with Gasteiger partial charge in [0.2, 0.25) is 11.8 Å². The third kappa shape index (κ3) is 6.74. The Bertz CT molecular complexity index is 1370. The second kappa shape index (κ2) is 12.3. The number of nitriles is 1. The normalized spacial score (nSPS) is 18.7. The molecule has 40 heavy (non-hydrogen) atoms. The maximum absolute atomic E-state index is 13.8. The Hall–Kier alpha value is -3.62. The van der Waals surface area contributed by atoms with E-state index in [1.165, 1.54) is 4.90 Å². The lowest BCUT2D eigenvalue weighted by Gasteiger charge is -2.36. The van der Waals surface area contributed by atoms with Crippen LogP contribution < -0.4 is 10.6 Å². The number of carbonyl (C=O) groups excluding carboxylic acids is 2. The lowest BCUT2D eigenvalue weighted by atomic mass is 9.85. The molecule has 0 bridgehead atoms. The van der Waals surface area contributed by atoms with Crippen LogP contribution in [0.15, 0.2) is 54.0 Å². The standard InChI is InChI=1S/C30H35N5O4S/c1-18-25(40-17-33-18)21-9-7-20(8-10-21)15-32-28(38)24-13-23(36)16-35(24)29(39)26(30(2,3)4)34-27(37)22-11-5-19(14-31)6-12-22/h5-12,17,23-24,26-27,34,36-37H,13,15-16H2,1-4H3,(H,32,38)/t23-,24+,26-,27?/m1/s1. The fraction of sp³-hybridized carbons (Fsp3) is 0.400. The minimum Gasteiger partial charge on any atom is -0.391 e. The molecule has 2 amide bonds. The van der Waals surface area contributed by atoms with Crippen LogP contribution in [0, 0.1) is 23.7 Å². The SMILES string of the molecule is Cc1ncsc1-c1ccc(CNC(=O)[C@@H]2C[C@@H](O)CN2C(=O)[C@@H](NC(O)c2ccc(C#N)cc2)C(C)(C)C)cc1. The maximum atomic E-state index is 13.8. The number of nitrogens with one attached hydrogen (secondary N) is 2. The van der Waals surface area contributed by atoms with Gasteiger partial charge in [0.05, 0.1) is 39.9 Å². The highest BCUT2D eigenvalue weighted by Gasteiger charge is 2.44. The van der Waals surface area contributed by atoms with E-state index in [0.717, 1.165) is 21.7 Å². The molecule has 1 aliphatic heterocycles. The molecule has 2 heterocycles. The summed E-state index contributed by atoms with van der Waals surface area (Å²) < 4.78 is 0. The summed E-state index contributed by atoms with van der Waals surface area (Å²) in [6.45, 7) is 7.89. The smallest absolute Gasteiger partial charge is 0.243 e. The molecule has 4 atom stereocenters. The second-order valence-corrected chi connectivity index (χ2v) is 12.0. The van der Waals surface area contributed by atoms with Crippen LogP contribution in [-0.2, 0) is 16.1 Å². The van der Waals surface area contributed by atoms with Crippen molar-refractivity contribution in [3.63, 3.8) is 0 Å². The lowest BCUT2D eigenvalue weighted by Crippen LogP contribution is -2.57. The van der Waals surface area contributed by atoms with E-state index < -0.39 is 29.8 Å². The zero-order chi connectivity index (χ0) is 29.0. The molecule has 0 aliphatic carbocycles. The van der Waals surface area contributed by atoms with Crippen LogP contribution in [0.5, 0.6) is 0 Å². The van der Waals surface area contributed by atoms with Crippen LogP contribution in [0.2, 0.25) is 0 Å². The van der Waals surface area contributed by atoms with Crippen LogP contribution in [0.3, 0.4) is 0 Å². The van der Waals surface area contributed by atoms with E-state index in [1.807, 2.05) is 63.5 Å². The van der Waals surface area contributed by atoms with Gasteiger partial charge >= 0.3 is 0 Å². The molecule has 1 fully saturated rings. The van der Waals surface area contributed by atoms with Gasteiger partial charge in [-0.05, 0) is 41.2 Å². The quantitative estimate of drug-likeness (QED) is 0.310. The minimum absolute atomic E-state index is 0.0288. The summed E-state index contributed by atoms with van der Waals surface area (Å²) >= 11 is 1.58. The number of aliphatic hydroxyl groups excluding tert-OH is 2. The Kier molecular flexibility index (Phi) is 9.01. The Morgan fingerprint density at radius 3 is 2.42 bits per heavy atom. The predicted molar refractivity (Wildman–Crippen MR) is 153 cm³/mol. The number of β-amino-alcohol motifs (C(OH)–C–C–N with tert-alkyl or cyclic N) is 1. The summed E-state index contributed by atoms with van der Waals surface area (Å²) in [5, 5.41) is 36.2. The van der Waals surface area contributed by atoms with Crippen molar-refractivity contribution in [1.82, 2.24) is 20.5 Å². The van der Waals surface area contributed by atoms with Gasteiger partial charge in [-0.15, -0.1) is 11.3 Å². The number of hydrogen-bond donors (Lipinski definition) is 4. The molecule has 210 valence electrons. The fourth-order valence-electron chi connectivity index (χ4n) is 4.82. The molecule has 9 nitrogen and oxygen atoms in total. The first kappa shape index (κ1) is 29.4. The van der Waals surface area contributed by atoms with Crippen molar-refractivity contribution in [2.75, 3.05) is 6.54 Å². The van der Waals surface area contributed by atoms with E-state index in [2.05, 4.69) is 15.6 Å². The molecule has 2 aromatic carbocycles. The molecule has 3 aromatic rings. The maximum Gasteiger partial charge on any atom is 0.243 e. The van der Waals surface area contributed by atoms with Crippen molar-refractivity contribution >= 4 is 23.2 Å². The summed E-state index contributed by atoms with van der Waals surface area (Å²) in [5.41, 5.74) is 5.12. The zero-order valence-electron chi connectivity index (χ0n) is 23.1. The monoisotopic (exact) mass is 561 g/mol. The first-order valence-electron chi connectivity index (χ1n) is 13.2. The van der Waals surface area contributed by atoms with Gasteiger partial charge in [-0.1, -0.05) is 57.2 Å². The Morgan fingerprint density at radius 1 is 1.18 bits per heavy atom. The average Bonchev–Trinajstić information content (AvgIpc) is 3.54. The van der Waals surface area contributed by atoms with Gasteiger partial charge in [-0.2, -0.15) is 5.26 Å². The van der Waals surface area contributed by atoms with Crippen molar-refractivity contribution in [2.24, 2.45) is 5.41 Å². The minimum atomic E-state index is -1.17. The highest BCUT2D eigenvalue weighted by molar-refractivity contribution is 7.13. The summed E-state index contributed by atoms with van der Waals surface area (Å²) in [6.07, 6.45) is -1.86. The largest absolute Gasteiger partial charge is 0.391 e. The molecule has 0 radical (unpaired) electrons. The van der Waals surface area contributed by atoms with Gasteiger partial charge in [0.15, 0.2) is 0 Å². The highest BCUT2D eigenvalue weighted by atomic mass is 32.1. The molecule has 0 spiro atoms. The van der Waals surface area contributed by atoms with Gasteiger partial charge in [-0.3, -0.25) is 14.9 Å². The molecule has 1 unspecified atom stereocenters. The number of likely N-dealkylation sites (tertiary alicyclic amines) is 1. The topological polar surface area (TPSA) is 139 Å². The number of aryl methyl sites for hydroxylation is 1. The summed E-state index contributed by atoms with van der Waals surface area (Å²) in [4.78, 5) is 33.8. The Labute approximate surface area is 238 Å². The molecule has 4 rings (SSSR count). The number of nitrogens with zero attached hydrogens (tertiary/aromatic N) is 3. The first-order chi connectivity index (χ1) is 19.0. The molecular weight excluding hydrogens is 526 g/mol. The molecular formula is C30H35N5O4S. The van der Waals surface area contributed by atoms with Crippen LogP contribution in [0.4, 0.5) is 0 Å². The van der Waals surface area contributed by atoms with Crippen molar-refractivity contribution in [2.45, 2.75) is 65.1 Å². The number of hydrogen-bond acceptors (Lipinski definition) is 8. The molecule has 1 aliphatic rings.